The minimum atomic E-state index is -0.603. The van der Waals surface area contributed by atoms with Gasteiger partial charge in [0.15, 0.2) is 0 Å². The van der Waals surface area contributed by atoms with E-state index >= 15 is 0 Å². The predicted molar refractivity (Wildman–Crippen MR) is 82.7 cm³/mol. The number of nitrogens with one attached hydrogen (secondary N) is 2. The summed E-state index contributed by atoms with van der Waals surface area (Å²) in [6.07, 6.45) is 4.47. The average Bonchev–Trinajstić information content (AvgIpc) is 2.95. The Hall–Kier alpha value is -1.49. The summed E-state index contributed by atoms with van der Waals surface area (Å²) < 4.78 is 28.3. The first kappa shape index (κ1) is 16.9. The summed E-state index contributed by atoms with van der Waals surface area (Å²) in [6, 6.07) is 3.98. The van der Waals surface area contributed by atoms with Crippen LogP contribution in [0.3, 0.4) is 0 Å². The smallest absolute Gasteiger partial charge is 0.220 e. The highest BCUT2D eigenvalue weighted by molar-refractivity contribution is 5.76. The molecule has 1 aromatic carbocycles. The van der Waals surface area contributed by atoms with Gasteiger partial charge in [-0.05, 0) is 45.0 Å². The lowest BCUT2D eigenvalue weighted by Gasteiger charge is -2.30. The highest BCUT2D eigenvalue weighted by Gasteiger charge is 2.40. The molecule has 1 amide bonds. The molecule has 2 N–H and O–H groups in total. The molecule has 0 spiro atoms. The molecular weight excluding hydrogens is 286 g/mol. The van der Waals surface area contributed by atoms with Crippen molar-refractivity contribution in [3.63, 3.8) is 0 Å². The number of hydrogen-bond acceptors (Lipinski definition) is 2. The van der Waals surface area contributed by atoms with Gasteiger partial charge >= 0.3 is 0 Å². The third-order valence-corrected chi connectivity index (χ3v) is 4.51. The molecule has 0 bridgehead atoms. The van der Waals surface area contributed by atoms with E-state index in [-0.39, 0.29) is 11.5 Å². The molecule has 0 aliphatic heterocycles. The van der Waals surface area contributed by atoms with Crippen LogP contribution in [0.15, 0.2) is 18.2 Å². The molecule has 0 unspecified atom stereocenters. The molecule has 0 aromatic heterocycles. The number of hydrogen-bond donors (Lipinski definition) is 2. The average molecular weight is 310 g/mol. The molecule has 1 saturated carbocycles. The van der Waals surface area contributed by atoms with Gasteiger partial charge in [0.2, 0.25) is 5.91 Å². The third kappa shape index (κ3) is 3.83. The molecule has 0 saturated heterocycles. The van der Waals surface area contributed by atoms with E-state index in [1.165, 1.54) is 18.2 Å². The van der Waals surface area contributed by atoms with Gasteiger partial charge < -0.3 is 10.6 Å². The molecule has 0 radical (unpaired) electrons. The van der Waals surface area contributed by atoms with Crippen LogP contribution >= 0.6 is 0 Å². The van der Waals surface area contributed by atoms with Crippen LogP contribution in [0.4, 0.5) is 8.78 Å². The van der Waals surface area contributed by atoms with Gasteiger partial charge in [-0.3, -0.25) is 4.79 Å². The third-order valence-electron chi connectivity index (χ3n) is 4.51. The molecule has 0 atom stereocenters. The van der Waals surface area contributed by atoms with Gasteiger partial charge in [0.25, 0.3) is 0 Å². The molecule has 1 fully saturated rings. The highest BCUT2D eigenvalue weighted by Crippen LogP contribution is 2.42. The Morgan fingerprint density at radius 3 is 2.45 bits per heavy atom. The van der Waals surface area contributed by atoms with Gasteiger partial charge in [0.05, 0.1) is 0 Å². The minimum absolute atomic E-state index is 0.0572. The first-order chi connectivity index (χ1) is 10.6. The van der Waals surface area contributed by atoms with Crippen LogP contribution in [0.5, 0.6) is 0 Å². The van der Waals surface area contributed by atoms with Crippen LogP contribution in [0.25, 0.3) is 0 Å². The van der Waals surface area contributed by atoms with Gasteiger partial charge in [-0.2, -0.15) is 0 Å². The van der Waals surface area contributed by atoms with Crippen molar-refractivity contribution >= 4 is 5.91 Å². The Balaban J connectivity index is 2.08. The predicted octanol–water partition coefficient (Wildman–Crippen LogP) is 2.89. The maximum atomic E-state index is 14.2. The van der Waals surface area contributed by atoms with E-state index in [4.69, 9.17) is 0 Å². The summed E-state index contributed by atoms with van der Waals surface area (Å²) in [7, 11) is 1.84. The van der Waals surface area contributed by atoms with Gasteiger partial charge in [0, 0.05) is 23.9 Å². The van der Waals surface area contributed by atoms with E-state index in [1.807, 2.05) is 7.05 Å². The van der Waals surface area contributed by atoms with Crippen LogP contribution in [0, 0.1) is 11.6 Å². The molecular formula is C17H24F2N2O. The standard InChI is InChI=1S/C17H24F2N2O/c1-20-11-5-8-15(22)21-12-17(9-2-3-10-17)16-13(18)6-4-7-14(16)19/h4,6-7,20H,2-3,5,8-12H2,1H3,(H,21,22). The number of amides is 1. The van der Waals surface area contributed by atoms with E-state index in [0.29, 0.717) is 25.8 Å². The van der Waals surface area contributed by atoms with Crippen LogP contribution in [-0.2, 0) is 10.2 Å². The van der Waals surface area contributed by atoms with Gasteiger partial charge in [-0.1, -0.05) is 18.9 Å². The summed E-state index contributed by atoms with van der Waals surface area (Å²) in [4.78, 5) is 11.9. The number of carbonyl (C=O) groups is 1. The first-order valence-corrected chi connectivity index (χ1v) is 7.95. The number of rotatable bonds is 7. The Labute approximate surface area is 130 Å². The maximum absolute atomic E-state index is 14.2. The minimum Gasteiger partial charge on any atom is -0.355 e. The molecule has 22 heavy (non-hydrogen) atoms. The fraction of sp³-hybridized carbons (Fsp3) is 0.588. The van der Waals surface area contributed by atoms with Crippen LogP contribution < -0.4 is 10.6 Å². The summed E-state index contributed by atoms with van der Waals surface area (Å²) >= 11 is 0. The van der Waals surface area contributed by atoms with E-state index in [1.54, 1.807) is 0 Å². The van der Waals surface area contributed by atoms with Gasteiger partial charge in [-0.15, -0.1) is 0 Å². The Bertz CT molecular complexity index is 493. The summed E-state index contributed by atoms with van der Waals surface area (Å²) in [6.45, 7) is 1.09. The summed E-state index contributed by atoms with van der Waals surface area (Å²) in [5.41, 5.74) is -0.461. The number of halogens is 2. The molecule has 122 valence electrons. The fourth-order valence-electron chi connectivity index (χ4n) is 3.35. The second-order valence-electron chi connectivity index (χ2n) is 6.07. The second-order valence-corrected chi connectivity index (χ2v) is 6.07. The molecule has 1 aromatic rings. The fourth-order valence-corrected chi connectivity index (χ4v) is 3.35. The van der Waals surface area contributed by atoms with Crippen molar-refractivity contribution in [3.05, 3.63) is 35.4 Å². The summed E-state index contributed by atoms with van der Waals surface area (Å²) in [5, 5.41) is 5.87. The molecule has 2 rings (SSSR count). The highest BCUT2D eigenvalue weighted by atomic mass is 19.1. The van der Waals surface area contributed by atoms with Gasteiger partial charge in [0.1, 0.15) is 11.6 Å². The van der Waals surface area contributed by atoms with Crippen molar-refractivity contribution in [2.45, 2.75) is 43.9 Å². The Kier molecular flexibility index (Phi) is 5.89. The lowest BCUT2D eigenvalue weighted by molar-refractivity contribution is -0.121. The van der Waals surface area contributed by atoms with E-state index in [9.17, 15) is 13.6 Å². The first-order valence-electron chi connectivity index (χ1n) is 7.95. The van der Waals surface area contributed by atoms with Crippen molar-refractivity contribution in [3.8, 4) is 0 Å². The zero-order valence-electron chi connectivity index (χ0n) is 13.1. The van der Waals surface area contributed by atoms with Crippen LogP contribution in [0.2, 0.25) is 0 Å². The zero-order valence-corrected chi connectivity index (χ0v) is 13.1. The monoisotopic (exact) mass is 310 g/mol. The van der Waals surface area contributed by atoms with Crippen molar-refractivity contribution in [2.75, 3.05) is 20.1 Å². The topological polar surface area (TPSA) is 41.1 Å². The van der Waals surface area contributed by atoms with Crippen molar-refractivity contribution in [2.24, 2.45) is 0 Å². The van der Waals surface area contributed by atoms with Gasteiger partial charge in [-0.25, -0.2) is 8.78 Å². The molecule has 1 aliphatic carbocycles. The molecule has 1 aliphatic rings. The van der Waals surface area contributed by atoms with E-state index < -0.39 is 17.0 Å². The maximum Gasteiger partial charge on any atom is 0.220 e. The Morgan fingerprint density at radius 2 is 1.86 bits per heavy atom. The van der Waals surface area contributed by atoms with Crippen molar-refractivity contribution in [1.82, 2.24) is 10.6 Å². The second kappa shape index (κ2) is 7.68. The SMILES string of the molecule is CNCCCC(=O)NCC1(c2c(F)cccc2F)CCCC1. The van der Waals surface area contributed by atoms with Crippen molar-refractivity contribution in [1.29, 1.82) is 0 Å². The van der Waals surface area contributed by atoms with E-state index in [2.05, 4.69) is 10.6 Å². The number of carbonyl (C=O) groups excluding carboxylic acids is 1. The lowest BCUT2D eigenvalue weighted by Crippen LogP contribution is -2.40. The lowest BCUT2D eigenvalue weighted by atomic mass is 9.78. The van der Waals surface area contributed by atoms with Crippen LogP contribution in [0.1, 0.15) is 44.1 Å². The zero-order chi connectivity index (χ0) is 16.0. The number of benzene rings is 1. The largest absolute Gasteiger partial charge is 0.355 e. The molecule has 5 heteroatoms. The van der Waals surface area contributed by atoms with E-state index in [0.717, 1.165) is 25.8 Å². The van der Waals surface area contributed by atoms with Crippen molar-refractivity contribution < 1.29 is 13.6 Å². The molecule has 0 heterocycles. The normalized spacial score (nSPS) is 16.7. The Morgan fingerprint density at radius 1 is 1.23 bits per heavy atom. The molecule has 3 nitrogen and oxygen atoms in total. The summed E-state index contributed by atoms with van der Waals surface area (Å²) in [5.74, 6) is -1.07. The van der Waals surface area contributed by atoms with Crippen LogP contribution in [-0.4, -0.2) is 26.0 Å². The quantitative estimate of drug-likeness (QED) is 0.760.